The highest BCUT2D eigenvalue weighted by Crippen LogP contribution is 2.48. The molecule has 136 valence electrons. The van der Waals surface area contributed by atoms with Crippen molar-refractivity contribution in [3.8, 4) is 5.75 Å². The topological polar surface area (TPSA) is 105 Å². The van der Waals surface area contributed by atoms with Crippen LogP contribution in [0, 0.1) is 10.1 Å². The van der Waals surface area contributed by atoms with Crippen molar-refractivity contribution in [1.82, 2.24) is 4.98 Å². The first-order chi connectivity index (χ1) is 11.3. The van der Waals surface area contributed by atoms with E-state index in [1.165, 1.54) is 0 Å². The van der Waals surface area contributed by atoms with Gasteiger partial charge in [-0.15, -0.1) is 0 Å². The van der Waals surface area contributed by atoms with E-state index < -0.39 is 62.2 Å². The zero-order chi connectivity index (χ0) is 19.2. The van der Waals surface area contributed by atoms with Gasteiger partial charge in [-0.2, -0.15) is 26.3 Å². The number of alkyl halides is 6. The number of hydrogen-bond donors (Lipinski definition) is 0. The second kappa shape index (κ2) is 6.11. The number of nitrogens with zero attached hydrogens (tertiary/aromatic N) is 2. The van der Waals surface area contributed by atoms with Crippen molar-refractivity contribution in [1.29, 1.82) is 0 Å². The zero-order valence-corrected chi connectivity index (χ0v) is 12.2. The van der Waals surface area contributed by atoms with Crippen LogP contribution in [0.3, 0.4) is 0 Å². The predicted octanol–water partition coefficient (Wildman–Crippen LogP) is 3.35. The molecule has 0 amide bonds. The molecule has 0 saturated carbocycles. The van der Waals surface area contributed by atoms with E-state index in [-0.39, 0.29) is 0 Å². The Morgan fingerprint density at radius 1 is 1.12 bits per heavy atom. The molecule has 1 aromatic carbocycles. The molecule has 2 rings (SSSR count). The number of fused-ring (bicyclic) bond motifs is 1. The quantitative estimate of drug-likeness (QED) is 0.345. The summed E-state index contributed by atoms with van der Waals surface area (Å²) in [5.74, 6) is -1.05. The van der Waals surface area contributed by atoms with Crippen molar-refractivity contribution in [2.24, 2.45) is 0 Å². The summed E-state index contributed by atoms with van der Waals surface area (Å²) in [6.45, 7) is 0. The van der Waals surface area contributed by atoms with E-state index in [2.05, 4.69) is 9.17 Å². The van der Waals surface area contributed by atoms with Gasteiger partial charge < -0.3 is 8.74 Å². The van der Waals surface area contributed by atoms with Crippen molar-refractivity contribution in [2.45, 2.75) is 12.4 Å². The summed E-state index contributed by atoms with van der Waals surface area (Å²) in [5.41, 5.74) is -8.00. The average Bonchev–Trinajstić information content (AvgIpc) is 2.42. The van der Waals surface area contributed by atoms with Crippen LogP contribution in [-0.4, -0.2) is 18.7 Å². The van der Waals surface area contributed by atoms with Gasteiger partial charge in [-0.25, -0.2) is 9.19 Å². The monoisotopic (exact) mass is 389 g/mol. The molecule has 0 aliphatic heterocycles. The van der Waals surface area contributed by atoms with Crippen molar-refractivity contribution >= 4 is 28.0 Å². The smallest absolute Gasteiger partial charge is 0.440 e. The highest BCUT2D eigenvalue weighted by Gasteiger charge is 2.50. The fourth-order valence-corrected chi connectivity index (χ4v) is 2.35. The van der Waals surface area contributed by atoms with Gasteiger partial charge in [-0.3, -0.25) is 10.1 Å². The lowest BCUT2D eigenvalue weighted by molar-refractivity contribution is -0.391. The van der Waals surface area contributed by atoms with E-state index in [1.54, 1.807) is 0 Å². The number of rotatable bonds is 3. The van der Waals surface area contributed by atoms with Crippen LogP contribution < -0.4 is 4.18 Å². The summed E-state index contributed by atoms with van der Waals surface area (Å²) < 4.78 is 104. The molecule has 0 N–H and O–H groups in total. The van der Waals surface area contributed by atoms with E-state index >= 15 is 0 Å². The molecule has 0 fully saturated rings. The maximum atomic E-state index is 13.3. The van der Waals surface area contributed by atoms with E-state index in [1.807, 2.05) is 0 Å². The number of nitro groups is 1. The first-order valence-corrected chi connectivity index (χ1v) is 6.87. The van der Waals surface area contributed by atoms with E-state index in [9.17, 15) is 45.2 Å². The van der Waals surface area contributed by atoms with Crippen molar-refractivity contribution in [3.05, 3.63) is 39.6 Å². The number of hydrogen-bond acceptors (Lipinski definition) is 6. The van der Waals surface area contributed by atoms with E-state index in [0.717, 1.165) is 6.07 Å². The maximum Gasteiger partial charge on any atom is 0.440 e. The van der Waals surface area contributed by atoms with E-state index in [4.69, 9.17) is 0 Å². The summed E-state index contributed by atoms with van der Waals surface area (Å²) in [6.07, 6.45) is -11.2. The molecule has 1 unspecified atom stereocenters. The summed E-state index contributed by atoms with van der Waals surface area (Å²) in [5, 5.41) is 9.64. The number of aromatic nitrogens is 1. The minimum absolute atomic E-state index is 0.687. The van der Waals surface area contributed by atoms with E-state index in [0.29, 0.717) is 12.1 Å². The molecule has 25 heavy (non-hydrogen) atoms. The summed E-state index contributed by atoms with van der Waals surface area (Å²) in [4.78, 5) is 11.9. The minimum atomic E-state index is -5.63. The average molecular weight is 389 g/mol. The van der Waals surface area contributed by atoms with Crippen LogP contribution in [-0.2, 0) is 23.7 Å². The third-order valence-corrected chi connectivity index (χ3v) is 3.16. The number of pyridine rings is 1. The molecular weight excluding hydrogens is 386 g/mol. The Hall–Kier alpha value is -2.48. The van der Waals surface area contributed by atoms with Crippen molar-refractivity contribution in [3.63, 3.8) is 0 Å². The Morgan fingerprint density at radius 3 is 2.16 bits per heavy atom. The standard InChI is InChI=1S/C11H4F6N2O5S/c12-10(13,14)7-6-4(2-1-3-5(6)24-25(22)23)18-9(11(15,16)17)8(7)19(20)21/h1-3H,(H,22,23)/p-1. The van der Waals surface area contributed by atoms with Crippen LogP contribution in [0.5, 0.6) is 5.75 Å². The van der Waals surface area contributed by atoms with Gasteiger partial charge in [0.05, 0.1) is 15.8 Å². The molecule has 0 radical (unpaired) electrons. The van der Waals surface area contributed by atoms with Crippen molar-refractivity contribution in [2.75, 3.05) is 0 Å². The molecule has 2 aromatic rings. The predicted molar refractivity (Wildman–Crippen MR) is 67.9 cm³/mol. The highest BCUT2D eigenvalue weighted by atomic mass is 32.2. The third-order valence-electron chi connectivity index (χ3n) is 2.84. The molecule has 1 atom stereocenters. The first-order valence-electron chi connectivity index (χ1n) is 5.87. The van der Waals surface area contributed by atoms with Crippen molar-refractivity contribution < 1.29 is 44.2 Å². The van der Waals surface area contributed by atoms with Gasteiger partial charge in [0.1, 0.15) is 22.7 Å². The second-order valence-electron chi connectivity index (χ2n) is 4.37. The molecule has 14 heteroatoms. The lowest BCUT2D eigenvalue weighted by Gasteiger charge is -2.17. The molecular formula is C11H3F6N2O5S-. The van der Waals surface area contributed by atoms with Gasteiger partial charge in [-0.1, -0.05) is 6.07 Å². The lowest BCUT2D eigenvalue weighted by Crippen LogP contribution is -2.18. The lowest BCUT2D eigenvalue weighted by atomic mass is 10.0. The Bertz CT molecular complexity index is 882. The van der Waals surface area contributed by atoms with Crippen LogP contribution in [0.4, 0.5) is 32.0 Å². The van der Waals surface area contributed by atoms with Crippen LogP contribution in [0.1, 0.15) is 11.3 Å². The fourth-order valence-electron chi connectivity index (χ4n) is 2.07. The molecule has 0 saturated heterocycles. The van der Waals surface area contributed by atoms with Gasteiger partial charge in [-0.05, 0) is 12.1 Å². The van der Waals surface area contributed by atoms with Crippen LogP contribution >= 0.6 is 0 Å². The number of benzene rings is 1. The largest absolute Gasteiger partial charge is 0.740 e. The highest BCUT2D eigenvalue weighted by molar-refractivity contribution is 7.74. The fraction of sp³-hybridized carbons (Fsp3) is 0.182. The zero-order valence-electron chi connectivity index (χ0n) is 11.3. The molecule has 0 spiro atoms. The van der Waals surface area contributed by atoms with Gasteiger partial charge in [0.15, 0.2) is 0 Å². The molecule has 1 heterocycles. The second-order valence-corrected chi connectivity index (χ2v) is 4.95. The van der Waals surface area contributed by atoms with Gasteiger partial charge in [0.2, 0.25) is 5.69 Å². The molecule has 7 nitrogen and oxygen atoms in total. The number of halogens is 6. The first kappa shape index (κ1) is 18.9. The normalized spacial score (nSPS) is 13.7. The Kier molecular flexibility index (Phi) is 4.61. The van der Waals surface area contributed by atoms with Gasteiger partial charge in [0.25, 0.3) is 0 Å². The van der Waals surface area contributed by atoms with Crippen LogP contribution in [0.25, 0.3) is 10.9 Å². The minimum Gasteiger partial charge on any atom is -0.740 e. The summed E-state index contributed by atoms with van der Waals surface area (Å²) in [6, 6.07) is 2.26. The molecule has 0 aliphatic carbocycles. The Labute approximate surface area is 135 Å². The SMILES string of the molecule is O=[N+]([O-])c1c(C(F)(F)F)nc2cccc(OS(=O)[O-])c2c1C(F)(F)F. The third kappa shape index (κ3) is 3.63. The molecule has 0 bridgehead atoms. The summed E-state index contributed by atoms with van der Waals surface area (Å²) in [7, 11) is 0. The van der Waals surface area contributed by atoms with Gasteiger partial charge in [0, 0.05) is 0 Å². The summed E-state index contributed by atoms with van der Waals surface area (Å²) >= 11 is -3.38. The van der Waals surface area contributed by atoms with Crippen LogP contribution in [0.2, 0.25) is 0 Å². The van der Waals surface area contributed by atoms with Crippen LogP contribution in [0.15, 0.2) is 18.2 Å². The Morgan fingerprint density at radius 2 is 1.72 bits per heavy atom. The van der Waals surface area contributed by atoms with Gasteiger partial charge >= 0.3 is 18.0 Å². The maximum absolute atomic E-state index is 13.3. The Balaban J connectivity index is 3.11. The molecule has 1 aromatic heterocycles. The molecule has 0 aliphatic rings.